The molecule has 0 aliphatic heterocycles. The van der Waals surface area contributed by atoms with Crippen molar-refractivity contribution in [1.82, 2.24) is 15.8 Å². The first-order valence-corrected chi connectivity index (χ1v) is 6.07. The fourth-order valence-electron chi connectivity index (χ4n) is 1.47. The van der Waals surface area contributed by atoms with Crippen LogP contribution in [0.5, 0.6) is 0 Å². The summed E-state index contributed by atoms with van der Waals surface area (Å²) >= 11 is 0. The Kier molecular flexibility index (Phi) is 5.09. The molecule has 100 valence electrons. The highest BCUT2D eigenvalue weighted by molar-refractivity contribution is 5.67. The number of aromatic nitrogens is 1. The number of nitrogens with one attached hydrogen (secondary N) is 2. The predicted octanol–water partition coefficient (Wildman–Crippen LogP) is 2.56. The minimum Gasteiger partial charge on any atom is -0.443 e. The number of rotatable bonds is 4. The summed E-state index contributed by atoms with van der Waals surface area (Å²) < 4.78 is 5.14. The fourth-order valence-corrected chi connectivity index (χ4v) is 1.47. The molecule has 5 heteroatoms. The van der Waals surface area contributed by atoms with Gasteiger partial charge >= 0.3 is 6.09 Å². The van der Waals surface area contributed by atoms with Gasteiger partial charge in [0.05, 0.1) is 6.04 Å². The molecule has 0 fully saturated rings. The van der Waals surface area contributed by atoms with Crippen LogP contribution in [0.25, 0.3) is 0 Å². The number of pyridine rings is 1. The maximum Gasteiger partial charge on any atom is 0.422 e. The molecule has 0 spiro atoms. The second kappa shape index (κ2) is 6.35. The molecule has 0 aromatic carbocycles. The zero-order valence-corrected chi connectivity index (χ0v) is 11.4. The molecule has 1 heterocycles. The van der Waals surface area contributed by atoms with E-state index in [2.05, 4.69) is 15.8 Å². The van der Waals surface area contributed by atoms with Crippen LogP contribution in [0.2, 0.25) is 0 Å². The fraction of sp³-hybridized carbons (Fsp3) is 0.538. The minimum absolute atomic E-state index is 0.0421. The van der Waals surface area contributed by atoms with Gasteiger partial charge in [0.2, 0.25) is 0 Å². The van der Waals surface area contributed by atoms with Gasteiger partial charge in [0.15, 0.2) is 0 Å². The first-order chi connectivity index (χ1) is 8.42. The number of hydrogen-bond donors (Lipinski definition) is 2. The topological polar surface area (TPSA) is 63.2 Å². The lowest BCUT2D eigenvalue weighted by Crippen LogP contribution is -2.42. The largest absolute Gasteiger partial charge is 0.443 e. The molecule has 1 aromatic rings. The molecule has 0 radical (unpaired) electrons. The lowest BCUT2D eigenvalue weighted by atomic mass is 10.1. The highest BCUT2D eigenvalue weighted by Crippen LogP contribution is 2.14. The van der Waals surface area contributed by atoms with Gasteiger partial charge in [0, 0.05) is 12.4 Å². The van der Waals surface area contributed by atoms with E-state index < -0.39 is 11.7 Å². The Balaban J connectivity index is 2.48. The molecule has 1 amide bonds. The molecule has 0 aliphatic rings. The number of carbonyl (C=O) groups excluding carboxylic acids is 1. The summed E-state index contributed by atoms with van der Waals surface area (Å²) in [5.74, 6) is 0. The summed E-state index contributed by atoms with van der Waals surface area (Å²) in [5.41, 5.74) is 6.09. The van der Waals surface area contributed by atoms with Crippen molar-refractivity contribution in [2.75, 3.05) is 0 Å². The van der Waals surface area contributed by atoms with Crippen LogP contribution in [-0.4, -0.2) is 16.7 Å². The van der Waals surface area contributed by atoms with Gasteiger partial charge in [0.1, 0.15) is 5.60 Å². The highest BCUT2D eigenvalue weighted by Gasteiger charge is 2.17. The first kappa shape index (κ1) is 14.4. The Bertz CT molecular complexity index is 374. The molecular formula is C13H21N3O2. The van der Waals surface area contributed by atoms with Crippen LogP contribution in [0, 0.1) is 0 Å². The number of carbonyl (C=O) groups is 1. The van der Waals surface area contributed by atoms with E-state index in [1.165, 1.54) is 0 Å². The number of ether oxygens (including phenoxy) is 1. The van der Waals surface area contributed by atoms with E-state index in [0.29, 0.717) is 0 Å². The van der Waals surface area contributed by atoms with Crippen LogP contribution in [0.1, 0.15) is 45.7 Å². The van der Waals surface area contributed by atoms with Crippen LogP contribution in [0.15, 0.2) is 24.5 Å². The van der Waals surface area contributed by atoms with Crippen LogP contribution >= 0.6 is 0 Å². The van der Waals surface area contributed by atoms with E-state index >= 15 is 0 Å². The first-order valence-electron chi connectivity index (χ1n) is 6.07. The van der Waals surface area contributed by atoms with E-state index in [0.717, 1.165) is 12.0 Å². The average Bonchev–Trinajstić information content (AvgIpc) is 2.29. The molecule has 1 rings (SSSR count). The summed E-state index contributed by atoms with van der Waals surface area (Å²) in [4.78, 5) is 15.5. The maximum absolute atomic E-state index is 11.5. The molecule has 5 nitrogen and oxygen atoms in total. The van der Waals surface area contributed by atoms with Crippen molar-refractivity contribution in [2.24, 2.45) is 0 Å². The maximum atomic E-state index is 11.5. The summed E-state index contributed by atoms with van der Waals surface area (Å²) in [7, 11) is 0. The smallest absolute Gasteiger partial charge is 0.422 e. The SMILES string of the molecule is CCC(NNC(=O)OC(C)(C)C)c1ccncc1. The summed E-state index contributed by atoms with van der Waals surface area (Å²) in [6.45, 7) is 7.51. The lowest BCUT2D eigenvalue weighted by molar-refractivity contribution is 0.0487. The number of amides is 1. The monoisotopic (exact) mass is 251 g/mol. The number of hydrazine groups is 1. The standard InChI is InChI=1S/C13H21N3O2/c1-5-11(10-6-8-14-9-7-10)15-16-12(17)18-13(2,3)4/h6-9,11,15H,5H2,1-4H3,(H,16,17). The van der Waals surface area contributed by atoms with Gasteiger partial charge in [-0.1, -0.05) is 6.92 Å². The van der Waals surface area contributed by atoms with Crippen LogP contribution < -0.4 is 10.9 Å². The van der Waals surface area contributed by atoms with Crippen molar-refractivity contribution in [2.45, 2.75) is 45.8 Å². The van der Waals surface area contributed by atoms with E-state index in [1.807, 2.05) is 39.8 Å². The zero-order chi connectivity index (χ0) is 13.6. The minimum atomic E-state index is -0.496. The molecule has 2 N–H and O–H groups in total. The highest BCUT2D eigenvalue weighted by atomic mass is 16.6. The second-order valence-electron chi connectivity index (χ2n) is 5.01. The van der Waals surface area contributed by atoms with Crippen molar-refractivity contribution in [3.8, 4) is 0 Å². The second-order valence-corrected chi connectivity index (χ2v) is 5.01. The van der Waals surface area contributed by atoms with Gasteiger partial charge in [-0.2, -0.15) is 0 Å². The quantitative estimate of drug-likeness (QED) is 0.807. The summed E-state index contributed by atoms with van der Waals surface area (Å²) in [6.07, 6.45) is 3.83. The molecular weight excluding hydrogens is 230 g/mol. The Morgan fingerprint density at radius 2 is 2.00 bits per heavy atom. The number of hydrogen-bond acceptors (Lipinski definition) is 4. The van der Waals surface area contributed by atoms with Crippen molar-refractivity contribution >= 4 is 6.09 Å². The molecule has 0 saturated carbocycles. The Hall–Kier alpha value is -1.62. The van der Waals surface area contributed by atoms with Gasteiger partial charge in [-0.15, -0.1) is 0 Å². The van der Waals surface area contributed by atoms with Gasteiger partial charge in [-0.3, -0.25) is 10.4 Å². The zero-order valence-electron chi connectivity index (χ0n) is 11.4. The van der Waals surface area contributed by atoms with Gasteiger partial charge in [0.25, 0.3) is 0 Å². The van der Waals surface area contributed by atoms with E-state index in [1.54, 1.807) is 12.4 Å². The summed E-state index contributed by atoms with van der Waals surface area (Å²) in [6, 6.07) is 3.87. The van der Waals surface area contributed by atoms with E-state index in [-0.39, 0.29) is 6.04 Å². The molecule has 0 saturated heterocycles. The van der Waals surface area contributed by atoms with Crippen molar-refractivity contribution in [3.63, 3.8) is 0 Å². The van der Waals surface area contributed by atoms with Crippen molar-refractivity contribution < 1.29 is 9.53 Å². The van der Waals surface area contributed by atoms with Crippen LogP contribution in [0.4, 0.5) is 4.79 Å². The Labute approximate surface area is 108 Å². The predicted molar refractivity (Wildman–Crippen MR) is 69.8 cm³/mol. The Morgan fingerprint density at radius 1 is 1.39 bits per heavy atom. The van der Waals surface area contributed by atoms with Gasteiger partial charge in [-0.25, -0.2) is 10.2 Å². The normalized spacial score (nSPS) is 12.9. The third-order valence-electron chi connectivity index (χ3n) is 2.26. The van der Waals surface area contributed by atoms with Gasteiger partial charge in [-0.05, 0) is 44.9 Å². The third-order valence-corrected chi connectivity index (χ3v) is 2.26. The third kappa shape index (κ3) is 5.14. The lowest BCUT2D eigenvalue weighted by Gasteiger charge is -2.22. The molecule has 1 unspecified atom stereocenters. The molecule has 1 aromatic heterocycles. The average molecular weight is 251 g/mol. The molecule has 0 aliphatic carbocycles. The van der Waals surface area contributed by atoms with E-state index in [9.17, 15) is 4.79 Å². The Morgan fingerprint density at radius 3 is 2.50 bits per heavy atom. The van der Waals surface area contributed by atoms with Crippen molar-refractivity contribution in [3.05, 3.63) is 30.1 Å². The van der Waals surface area contributed by atoms with Crippen LogP contribution in [0.3, 0.4) is 0 Å². The van der Waals surface area contributed by atoms with Gasteiger partial charge < -0.3 is 4.74 Å². The number of nitrogens with zero attached hydrogens (tertiary/aromatic N) is 1. The molecule has 0 bridgehead atoms. The summed E-state index contributed by atoms with van der Waals surface area (Å²) in [5, 5.41) is 0. The van der Waals surface area contributed by atoms with Crippen LogP contribution in [-0.2, 0) is 4.74 Å². The molecule has 18 heavy (non-hydrogen) atoms. The van der Waals surface area contributed by atoms with E-state index in [4.69, 9.17) is 4.74 Å². The van der Waals surface area contributed by atoms with Crippen molar-refractivity contribution in [1.29, 1.82) is 0 Å². The molecule has 1 atom stereocenters.